The van der Waals surface area contributed by atoms with E-state index in [1.54, 1.807) is 11.3 Å². The number of fused-ring (bicyclic) bond motifs is 3. The monoisotopic (exact) mass is 512 g/mol. The zero-order chi connectivity index (χ0) is 25.4. The first-order valence-electron chi connectivity index (χ1n) is 12.8. The number of anilines is 1. The summed E-state index contributed by atoms with van der Waals surface area (Å²) in [5, 5.41) is 16.0. The molecule has 1 saturated heterocycles. The van der Waals surface area contributed by atoms with Gasteiger partial charge in [0.1, 0.15) is 0 Å². The van der Waals surface area contributed by atoms with Gasteiger partial charge in [-0.05, 0) is 48.9 Å². The van der Waals surface area contributed by atoms with Gasteiger partial charge in [-0.25, -0.2) is 4.79 Å². The van der Waals surface area contributed by atoms with E-state index in [0.29, 0.717) is 6.54 Å². The van der Waals surface area contributed by atoms with Crippen LogP contribution in [0.1, 0.15) is 27.1 Å². The van der Waals surface area contributed by atoms with Crippen molar-refractivity contribution in [1.29, 1.82) is 0 Å². The number of hydrogen-bond donors (Lipinski definition) is 3. The molecular formula is C29H32N6OS. The van der Waals surface area contributed by atoms with E-state index < -0.39 is 0 Å². The summed E-state index contributed by atoms with van der Waals surface area (Å²) in [5.41, 5.74) is 10.4. The fourth-order valence-electron chi connectivity index (χ4n) is 5.25. The molecule has 0 saturated carbocycles. The molecule has 1 aliphatic heterocycles. The smallest absolute Gasteiger partial charge is 0.319 e. The summed E-state index contributed by atoms with van der Waals surface area (Å²) in [6.07, 6.45) is 0.898. The Kier molecular flexibility index (Phi) is 6.54. The van der Waals surface area contributed by atoms with Crippen LogP contribution in [0, 0.1) is 6.92 Å². The maximum Gasteiger partial charge on any atom is 0.319 e. The standard InChI is InChI=1S/C29H32N6OS/c1-19-4-3-5-23(12-19)31-29(36)30-16-24-14-22(18-37-24)27-26-15-21-13-20(6-7-25(21)28(26)33-32-27)17-35-10-8-34(2)9-11-35/h3-7,12-14,18H,8-11,15-17H2,1-2H3,(H,32,33)(H2,30,31,36). The van der Waals surface area contributed by atoms with Crippen LogP contribution in [0.4, 0.5) is 10.5 Å². The van der Waals surface area contributed by atoms with Crippen LogP contribution in [0.2, 0.25) is 0 Å². The van der Waals surface area contributed by atoms with Gasteiger partial charge in [-0.2, -0.15) is 5.10 Å². The molecule has 2 aromatic heterocycles. The predicted molar refractivity (Wildman–Crippen MR) is 150 cm³/mol. The Morgan fingerprint density at radius 1 is 1.11 bits per heavy atom. The molecule has 8 heteroatoms. The number of carbonyl (C=O) groups is 1. The van der Waals surface area contributed by atoms with Crippen molar-refractivity contribution < 1.29 is 4.79 Å². The van der Waals surface area contributed by atoms with E-state index in [0.717, 1.165) is 72.2 Å². The normalized spacial score (nSPS) is 15.4. The van der Waals surface area contributed by atoms with Gasteiger partial charge in [-0.15, -0.1) is 11.3 Å². The zero-order valence-corrected chi connectivity index (χ0v) is 22.1. The molecule has 190 valence electrons. The molecule has 2 aromatic carbocycles. The molecule has 0 unspecified atom stereocenters. The molecule has 0 bridgehead atoms. The first-order valence-corrected chi connectivity index (χ1v) is 13.7. The molecular weight excluding hydrogens is 480 g/mol. The minimum absolute atomic E-state index is 0.205. The summed E-state index contributed by atoms with van der Waals surface area (Å²) in [5.74, 6) is 0. The zero-order valence-electron chi connectivity index (χ0n) is 21.3. The number of hydrogen-bond acceptors (Lipinski definition) is 5. The molecule has 0 spiro atoms. The molecule has 4 aromatic rings. The summed E-state index contributed by atoms with van der Waals surface area (Å²) in [4.78, 5) is 18.4. The Hall–Kier alpha value is -3.46. The number of benzene rings is 2. The summed E-state index contributed by atoms with van der Waals surface area (Å²) in [6, 6.07) is 16.6. The van der Waals surface area contributed by atoms with Crippen LogP contribution < -0.4 is 10.6 Å². The number of piperazine rings is 1. The maximum atomic E-state index is 12.3. The number of likely N-dealkylation sites (N-methyl/N-ethyl adjacent to an activating group) is 1. The Labute approximate surface area is 221 Å². The lowest BCUT2D eigenvalue weighted by atomic mass is 10.0. The fourth-order valence-corrected chi connectivity index (χ4v) is 6.06. The van der Waals surface area contributed by atoms with Crippen molar-refractivity contribution >= 4 is 23.1 Å². The predicted octanol–water partition coefficient (Wildman–Crippen LogP) is 5.09. The first kappa shape index (κ1) is 23.9. The Balaban J connectivity index is 1.10. The first-order chi connectivity index (χ1) is 18.0. The molecule has 7 nitrogen and oxygen atoms in total. The van der Waals surface area contributed by atoms with Crippen LogP contribution in [-0.4, -0.2) is 59.3 Å². The van der Waals surface area contributed by atoms with Crippen molar-refractivity contribution in [1.82, 2.24) is 25.3 Å². The van der Waals surface area contributed by atoms with Gasteiger partial charge in [0.05, 0.1) is 17.9 Å². The maximum absolute atomic E-state index is 12.3. The minimum Gasteiger partial charge on any atom is -0.333 e. The largest absolute Gasteiger partial charge is 0.333 e. The third-order valence-electron chi connectivity index (χ3n) is 7.30. The van der Waals surface area contributed by atoms with Crippen LogP contribution in [0.5, 0.6) is 0 Å². The Bertz CT molecular complexity index is 1430. The van der Waals surface area contributed by atoms with Gasteiger partial charge >= 0.3 is 6.03 Å². The molecule has 1 aliphatic carbocycles. The summed E-state index contributed by atoms with van der Waals surface area (Å²) in [7, 11) is 2.20. The second-order valence-corrected chi connectivity index (χ2v) is 11.1. The van der Waals surface area contributed by atoms with Crippen LogP contribution in [-0.2, 0) is 19.5 Å². The highest BCUT2D eigenvalue weighted by Gasteiger charge is 2.26. The topological polar surface area (TPSA) is 76.3 Å². The quantitative estimate of drug-likeness (QED) is 0.296. The lowest BCUT2D eigenvalue weighted by Gasteiger charge is -2.32. The minimum atomic E-state index is -0.205. The summed E-state index contributed by atoms with van der Waals surface area (Å²) in [6.45, 7) is 8.03. The average molecular weight is 513 g/mol. The molecule has 1 fully saturated rings. The molecule has 3 heterocycles. The SMILES string of the molecule is Cc1cccc(NC(=O)NCc2cc(-c3n[nH]c4c3Cc3cc(CN5CCN(C)CC5)ccc3-4)cs2)c1. The average Bonchev–Trinajstić information content (AvgIpc) is 3.59. The van der Waals surface area contributed by atoms with E-state index in [-0.39, 0.29) is 6.03 Å². The van der Waals surface area contributed by atoms with Crippen LogP contribution >= 0.6 is 11.3 Å². The molecule has 3 N–H and O–H groups in total. The number of amides is 2. The van der Waals surface area contributed by atoms with E-state index in [2.05, 4.69) is 67.3 Å². The number of urea groups is 1. The molecule has 0 atom stereocenters. The number of aryl methyl sites for hydroxylation is 1. The van der Waals surface area contributed by atoms with E-state index in [4.69, 9.17) is 0 Å². The van der Waals surface area contributed by atoms with E-state index in [9.17, 15) is 4.79 Å². The second-order valence-electron chi connectivity index (χ2n) is 10.2. The molecule has 37 heavy (non-hydrogen) atoms. The lowest BCUT2D eigenvalue weighted by molar-refractivity contribution is 0.148. The number of aromatic nitrogens is 2. The van der Waals surface area contributed by atoms with Gasteiger partial charge in [-0.3, -0.25) is 10.00 Å². The van der Waals surface area contributed by atoms with Crippen molar-refractivity contribution in [3.63, 3.8) is 0 Å². The van der Waals surface area contributed by atoms with E-state index in [1.807, 2.05) is 31.2 Å². The number of carbonyl (C=O) groups excluding carboxylic acids is 1. The lowest BCUT2D eigenvalue weighted by Crippen LogP contribution is -2.43. The third-order valence-corrected chi connectivity index (χ3v) is 8.24. The van der Waals surface area contributed by atoms with Gasteiger partial charge in [0, 0.05) is 71.8 Å². The molecule has 6 rings (SSSR count). The van der Waals surface area contributed by atoms with Gasteiger partial charge in [0.25, 0.3) is 0 Å². The molecule has 2 amide bonds. The summed E-state index contributed by atoms with van der Waals surface area (Å²) < 4.78 is 0. The highest BCUT2D eigenvalue weighted by molar-refractivity contribution is 7.10. The van der Waals surface area contributed by atoms with Gasteiger partial charge in [0.2, 0.25) is 0 Å². The van der Waals surface area contributed by atoms with E-state index >= 15 is 0 Å². The number of nitrogens with one attached hydrogen (secondary N) is 3. The number of H-pyrrole nitrogens is 1. The van der Waals surface area contributed by atoms with Crippen LogP contribution in [0.15, 0.2) is 53.9 Å². The van der Waals surface area contributed by atoms with Crippen LogP contribution in [0.3, 0.4) is 0 Å². The van der Waals surface area contributed by atoms with Crippen molar-refractivity contribution in [2.45, 2.75) is 26.4 Å². The highest BCUT2D eigenvalue weighted by atomic mass is 32.1. The van der Waals surface area contributed by atoms with Crippen molar-refractivity contribution in [3.8, 4) is 22.5 Å². The van der Waals surface area contributed by atoms with E-state index in [1.165, 1.54) is 22.3 Å². The van der Waals surface area contributed by atoms with Gasteiger partial charge in [-0.1, -0.05) is 30.3 Å². The number of rotatable bonds is 6. The van der Waals surface area contributed by atoms with Crippen molar-refractivity contribution in [3.05, 3.63) is 81.0 Å². The van der Waals surface area contributed by atoms with Crippen molar-refractivity contribution in [2.24, 2.45) is 0 Å². The Morgan fingerprint density at radius 3 is 2.81 bits per heavy atom. The van der Waals surface area contributed by atoms with Gasteiger partial charge in [0.15, 0.2) is 0 Å². The number of nitrogens with zero attached hydrogens (tertiary/aromatic N) is 3. The van der Waals surface area contributed by atoms with Crippen molar-refractivity contribution in [2.75, 3.05) is 38.5 Å². The third kappa shape index (κ3) is 5.18. The van der Waals surface area contributed by atoms with Gasteiger partial charge < -0.3 is 15.5 Å². The number of thiophene rings is 1. The highest BCUT2D eigenvalue weighted by Crippen LogP contribution is 2.41. The number of aromatic amines is 1. The molecule has 0 radical (unpaired) electrons. The summed E-state index contributed by atoms with van der Waals surface area (Å²) >= 11 is 1.64. The second kappa shape index (κ2) is 10.1. The van der Waals surface area contributed by atoms with Crippen LogP contribution in [0.25, 0.3) is 22.5 Å². The fraction of sp³-hybridized carbons (Fsp3) is 0.310. The molecule has 2 aliphatic rings. The Morgan fingerprint density at radius 2 is 1.97 bits per heavy atom.